The van der Waals surface area contributed by atoms with E-state index in [1.165, 1.54) is 11.1 Å². The summed E-state index contributed by atoms with van der Waals surface area (Å²) >= 11 is 0. The van der Waals surface area contributed by atoms with Crippen molar-refractivity contribution in [2.75, 3.05) is 19.8 Å². The first kappa shape index (κ1) is 12.4. The first-order valence-electron chi connectivity index (χ1n) is 6.21. The lowest BCUT2D eigenvalue weighted by Gasteiger charge is -2.19. The summed E-state index contributed by atoms with van der Waals surface area (Å²) in [5.41, 5.74) is 8.56. The fourth-order valence-corrected chi connectivity index (χ4v) is 2.09. The van der Waals surface area contributed by atoms with E-state index in [0.717, 1.165) is 25.4 Å². The summed E-state index contributed by atoms with van der Waals surface area (Å²) in [4.78, 5) is 0. The van der Waals surface area contributed by atoms with E-state index < -0.39 is 0 Å². The summed E-state index contributed by atoms with van der Waals surface area (Å²) in [5.74, 6) is 1.39. The number of rotatable bonds is 4. The molecule has 0 saturated carbocycles. The van der Waals surface area contributed by atoms with Gasteiger partial charge in [0, 0.05) is 18.6 Å². The van der Waals surface area contributed by atoms with E-state index in [9.17, 15) is 0 Å². The van der Waals surface area contributed by atoms with Crippen LogP contribution in [0.5, 0.6) is 5.75 Å². The summed E-state index contributed by atoms with van der Waals surface area (Å²) < 4.78 is 11.1. The van der Waals surface area contributed by atoms with E-state index >= 15 is 0 Å². The number of benzene rings is 1. The van der Waals surface area contributed by atoms with Crippen LogP contribution in [-0.4, -0.2) is 25.9 Å². The highest BCUT2D eigenvalue weighted by Gasteiger charge is 2.23. The molecule has 3 nitrogen and oxygen atoms in total. The fraction of sp³-hybridized carbons (Fsp3) is 0.571. The Kier molecular flexibility index (Phi) is 4.02. The first-order chi connectivity index (χ1) is 8.18. The molecule has 1 aromatic carbocycles. The zero-order valence-electron chi connectivity index (χ0n) is 10.6. The van der Waals surface area contributed by atoms with Gasteiger partial charge in [0.25, 0.3) is 0 Å². The fourth-order valence-electron chi connectivity index (χ4n) is 2.09. The molecule has 1 aliphatic heterocycles. The van der Waals surface area contributed by atoms with Gasteiger partial charge in [-0.15, -0.1) is 0 Å². The normalized spacial score (nSPS) is 21.5. The zero-order valence-corrected chi connectivity index (χ0v) is 10.6. The Hall–Kier alpha value is -1.06. The average molecular weight is 235 g/mol. The van der Waals surface area contributed by atoms with Crippen molar-refractivity contribution in [1.82, 2.24) is 0 Å². The van der Waals surface area contributed by atoms with Gasteiger partial charge >= 0.3 is 0 Å². The van der Waals surface area contributed by atoms with Crippen LogP contribution in [0, 0.1) is 19.8 Å². The van der Waals surface area contributed by atoms with Crippen molar-refractivity contribution in [2.45, 2.75) is 26.3 Å². The molecule has 0 aromatic heterocycles. The molecule has 2 unspecified atom stereocenters. The highest BCUT2D eigenvalue weighted by atomic mass is 16.5. The maximum Gasteiger partial charge on any atom is 0.122 e. The maximum absolute atomic E-state index is 6.11. The van der Waals surface area contributed by atoms with E-state index in [0.29, 0.717) is 12.5 Å². The second kappa shape index (κ2) is 5.52. The molecule has 1 aliphatic rings. The van der Waals surface area contributed by atoms with E-state index in [1.54, 1.807) is 0 Å². The van der Waals surface area contributed by atoms with Crippen molar-refractivity contribution in [2.24, 2.45) is 11.7 Å². The van der Waals surface area contributed by atoms with Crippen LogP contribution < -0.4 is 10.5 Å². The molecule has 0 amide bonds. The van der Waals surface area contributed by atoms with Crippen molar-refractivity contribution >= 4 is 0 Å². The van der Waals surface area contributed by atoms with Crippen molar-refractivity contribution in [1.29, 1.82) is 0 Å². The SMILES string of the molecule is Cc1cccc(OCC(N)C2CCOC2)c1C. The lowest BCUT2D eigenvalue weighted by atomic mass is 10.0. The molecule has 0 bridgehead atoms. The maximum atomic E-state index is 6.11. The Balaban J connectivity index is 1.90. The third-order valence-electron chi connectivity index (χ3n) is 3.56. The van der Waals surface area contributed by atoms with Crippen LogP contribution in [0.1, 0.15) is 17.5 Å². The summed E-state index contributed by atoms with van der Waals surface area (Å²) in [6, 6.07) is 6.17. The van der Waals surface area contributed by atoms with Crippen LogP contribution in [0.15, 0.2) is 18.2 Å². The van der Waals surface area contributed by atoms with Crippen LogP contribution >= 0.6 is 0 Å². The second-order valence-electron chi connectivity index (χ2n) is 4.80. The van der Waals surface area contributed by atoms with E-state index in [2.05, 4.69) is 19.9 Å². The van der Waals surface area contributed by atoms with Crippen LogP contribution in [0.3, 0.4) is 0 Å². The predicted octanol–water partition coefficient (Wildman–Crippen LogP) is 2.05. The summed E-state index contributed by atoms with van der Waals surface area (Å²) in [6.45, 7) is 6.35. The van der Waals surface area contributed by atoms with Gasteiger partial charge in [-0.2, -0.15) is 0 Å². The van der Waals surface area contributed by atoms with Crippen molar-refractivity contribution < 1.29 is 9.47 Å². The highest BCUT2D eigenvalue weighted by Crippen LogP contribution is 2.22. The Morgan fingerprint density at radius 1 is 1.47 bits per heavy atom. The van der Waals surface area contributed by atoms with Gasteiger partial charge in [-0.05, 0) is 37.5 Å². The molecule has 94 valence electrons. The standard InChI is InChI=1S/C14H21NO2/c1-10-4-3-5-14(11(10)2)17-9-13(15)12-6-7-16-8-12/h3-5,12-13H,6-9,15H2,1-2H3. The zero-order chi connectivity index (χ0) is 12.3. The van der Waals surface area contributed by atoms with Gasteiger partial charge in [0.05, 0.1) is 6.61 Å². The van der Waals surface area contributed by atoms with Crippen LogP contribution in [0.4, 0.5) is 0 Å². The average Bonchev–Trinajstić information content (AvgIpc) is 2.84. The van der Waals surface area contributed by atoms with Gasteiger partial charge < -0.3 is 15.2 Å². The van der Waals surface area contributed by atoms with Crippen LogP contribution in [-0.2, 0) is 4.74 Å². The summed E-state index contributed by atoms with van der Waals surface area (Å²) in [7, 11) is 0. The summed E-state index contributed by atoms with van der Waals surface area (Å²) in [5, 5.41) is 0. The lowest BCUT2D eigenvalue weighted by Crippen LogP contribution is -2.36. The summed E-state index contributed by atoms with van der Waals surface area (Å²) in [6.07, 6.45) is 1.05. The van der Waals surface area contributed by atoms with Crippen LogP contribution in [0.2, 0.25) is 0 Å². The van der Waals surface area contributed by atoms with Crippen molar-refractivity contribution in [3.63, 3.8) is 0 Å². The number of ether oxygens (including phenoxy) is 2. The molecular formula is C14H21NO2. The van der Waals surface area contributed by atoms with Gasteiger partial charge in [-0.3, -0.25) is 0 Å². The second-order valence-corrected chi connectivity index (χ2v) is 4.80. The topological polar surface area (TPSA) is 44.5 Å². The molecule has 1 fully saturated rings. The van der Waals surface area contributed by atoms with E-state index in [-0.39, 0.29) is 6.04 Å². The Labute approximate surface area is 103 Å². The van der Waals surface area contributed by atoms with Gasteiger partial charge in [-0.25, -0.2) is 0 Å². The monoisotopic (exact) mass is 235 g/mol. The quantitative estimate of drug-likeness (QED) is 0.868. The molecule has 0 radical (unpaired) electrons. The molecular weight excluding hydrogens is 214 g/mol. The third-order valence-corrected chi connectivity index (χ3v) is 3.56. The van der Waals surface area contributed by atoms with E-state index in [4.69, 9.17) is 15.2 Å². The molecule has 2 atom stereocenters. The highest BCUT2D eigenvalue weighted by molar-refractivity contribution is 5.38. The predicted molar refractivity (Wildman–Crippen MR) is 68.3 cm³/mol. The number of hydrogen-bond acceptors (Lipinski definition) is 3. The number of hydrogen-bond donors (Lipinski definition) is 1. The Morgan fingerprint density at radius 2 is 2.29 bits per heavy atom. The molecule has 2 rings (SSSR count). The Morgan fingerprint density at radius 3 is 3.00 bits per heavy atom. The first-order valence-corrected chi connectivity index (χ1v) is 6.21. The minimum Gasteiger partial charge on any atom is -0.492 e. The minimum atomic E-state index is 0.0670. The third kappa shape index (κ3) is 2.99. The number of nitrogens with two attached hydrogens (primary N) is 1. The molecule has 1 saturated heterocycles. The smallest absolute Gasteiger partial charge is 0.122 e. The minimum absolute atomic E-state index is 0.0670. The van der Waals surface area contributed by atoms with Crippen molar-refractivity contribution in [3.8, 4) is 5.75 Å². The van der Waals surface area contributed by atoms with Crippen molar-refractivity contribution in [3.05, 3.63) is 29.3 Å². The molecule has 17 heavy (non-hydrogen) atoms. The van der Waals surface area contributed by atoms with E-state index in [1.807, 2.05) is 12.1 Å². The number of aryl methyl sites for hydroxylation is 1. The van der Waals surface area contributed by atoms with Crippen LogP contribution in [0.25, 0.3) is 0 Å². The van der Waals surface area contributed by atoms with Gasteiger partial charge in [0.15, 0.2) is 0 Å². The van der Waals surface area contributed by atoms with Gasteiger partial charge in [-0.1, -0.05) is 12.1 Å². The largest absolute Gasteiger partial charge is 0.492 e. The Bertz CT molecular complexity index is 372. The molecule has 2 N–H and O–H groups in total. The molecule has 0 spiro atoms. The molecule has 0 aliphatic carbocycles. The molecule has 1 heterocycles. The molecule has 1 aromatic rings. The molecule has 3 heteroatoms. The lowest BCUT2D eigenvalue weighted by molar-refractivity contribution is 0.170. The van der Waals surface area contributed by atoms with Gasteiger partial charge in [0.2, 0.25) is 0 Å². The van der Waals surface area contributed by atoms with Gasteiger partial charge in [0.1, 0.15) is 12.4 Å².